The molecule has 1 saturated heterocycles. The van der Waals surface area contributed by atoms with Crippen LogP contribution < -0.4 is 0 Å². The van der Waals surface area contributed by atoms with E-state index in [0.29, 0.717) is 6.04 Å². The van der Waals surface area contributed by atoms with Crippen molar-refractivity contribution in [2.24, 2.45) is 0 Å². The van der Waals surface area contributed by atoms with E-state index in [2.05, 4.69) is 18.7 Å². The van der Waals surface area contributed by atoms with Crippen molar-refractivity contribution in [2.45, 2.75) is 39.2 Å². The van der Waals surface area contributed by atoms with Crippen molar-refractivity contribution in [1.29, 1.82) is 0 Å². The Morgan fingerprint density at radius 2 is 2.43 bits per heavy atom. The van der Waals surface area contributed by atoms with Gasteiger partial charge in [-0.2, -0.15) is 0 Å². The smallest absolute Gasteiger partial charge is 0.328 e. The lowest BCUT2D eigenvalue weighted by Crippen LogP contribution is -2.38. The number of likely N-dealkylation sites (tertiary alicyclic amines) is 1. The lowest BCUT2D eigenvalue weighted by Gasteiger charge is -2.33. The number of piperidine rings is 1. The molecule has 1 heterocycles. The van der Waals surface area contributed by atoms with E-state index in [0.717, 1.165) is 37.9 Å². The molecule has 0 amide bonds. The second-order valence-corrected chi connectivity index (χ2v) is 3.97. The second kappa shape index (κ2) is 5.15. The zero-order valence-electron chi connectivity index (χ0n) is 8.99. The Bertz CT molecular complexity index is 235. The van der Waals surface area contributed by atoms with Gasteiger partial charge in [-0.1, -0.05) is 6.92 Å². The van der Waals surface area contributed by atoms with E-state index >= 15 is 0 Å². The van der Waals surface area contributed by atoms with E-state index in [1.54, 1.807) is 0 Å². The van der Waals surface area contributed by atoms with E-state index in [9.17, 15) is 4.79 Å². The highest BCUT2D eigenvalue weighted by molar-refractivity contribution is 5.80. The molecule has 1 unspecified atom stereocenters. The molecular weight excluding hydrogens is 178 g/mol. The summed E-state index contributed by atoms with van der Waals surface area (Å²) in [5.41, 5.74) is 1.06. The van der Waals surface area contributed by atoms with Crippen LogP contribution in [0.4, 0.5) is 0 Å². The molecule has 0 bridgehead atoms. The molecule has 1 rings (SSSR count). The Morgan fingerprint density at radius 1 is 1.71 bits per heavy atom. The van der Waals surface area contributed by atoms with Crippen molar-refractivity contribution in [3.05, 3.63) is 11.6 Å². The van der Waals surface area contributed by atoms with Crippen molar-refractivity contribution in [3.8, 4) is 0 Å². The minimum absolute atomic E-state index is 0.562. The summed E-state index contributed by atoms with van der Waals surface area (Å²) < 4.78 is 0. The molecule has 1 aliphatic heterocycles. The van der Waals surface area contributed by atoms with Gasteiger partial charge >= 0.3 is 5.97 Å². The molecule has 0 radical (unpaired) electrons. The summed E-state index contributed by atoms with van der Waals surface area (Å²) in [6.45, 7) is 6.30. The highest BCUT2D eigenvalue weighted by atomic mass is 16.4. The molecule has 80 valence electrons. The van der Waals surface area contributed by atoms with Gasteiger partial charge < -0.3 is 5.11 Å². The van der Waals surface area contributed by atoms with Crippen LogP contribution in [0, 0.1) is 0 Å². The van der Waals surface area contributed by atoms with Crippen molar-refractivity contribution in [2.75, 3.05) is 13.1 Å². The van der Waals surface area contributed by atoms with Crippen molar-refractivity contribution in [3.63, 3.8) is 0 Å². The van der Waals surface area contributed by atoms with E-state index < -0.39 is 5.97 Å². The van der Waals surface area contributed by atoms with Gasteiger partial charge in [0.25, 0.3) is 0 Å². The number of carbonyl (C=O) groups is 1. The molecule has 1 aliphatic rings. The Labute approximate surface area is 85.4 Å². The molecular formula is C11H19NO2. The monoisotopic (exact) mass is 197 g/mol. The number of nitrogens with zero attached hydrogens (tertiary/aromatic N) is 1. The van der Waals surface area contributed by atoms with Gasteiger partial charge in [-0.3, -0.25) is 4.90 Å². The maximum Gasteiger partial charge on any atom is 0.328 e. The topological polar surface area (TPSA) is 40.5 Å². The summed E-state index contributed by atoms with van der Waals surface area (Å²) in [7, 11) is 0. The number of hydrogen-bond acceptors (Lipinski definition) is 2. The van der Waals surface area contributed by atoms with Crippen LogP contribution in [0.2, 0.25) is 0 Å². The van der Waals surface area contributed by atoms with Gasteiger partial charge in [0.2, 0.25) is 0 Å². The van der Waals surface area contributed by atoms with Crippen LogP contribution >= 0.6 is 0 Å². The highest BCUT2D eigenvalue weighted by Crippen LogP contribution is 2.18. The highest BCUT2D eigenvalue weighted by Gasteiger charge is 2.18. The van der Waals surface area contributed by atoms with Gasteiger partial charge in [0, 0.05) is 18.7 Å². The van der Waals surface area contributed by atoms with Gasteiger partial charge in [0.1, 0.15) is 0 Å². The average Bonchev–Trinajstić information content (AvgIpc) is 2.16. The molecule has 3 nitrogen and oxygen atoms in total. The molecule has 3 heteroatoms. The first kappa shape index (κ1) is 11.2. The Balaban J connectivity index is 2.55. The first-order valence-corrected chi connectivity index (χ1v) is 5.30. The standard InChI is InChI=1S/C11H19NO2/c1-3-9(2)12-6-4-5-10(8-12)7-11(13)14/h7,9H,3-6,8H2,1-2H3,(H,13,14)/b10-7-. The second-order valence-electron chi connectivity index (χ2n) is 3.97. The van der Waals surface area contributed by atoms with E-state index in [4.69, 9.17) is 5.11 Å². The van der Waals surface area contributed by atoms with Crippen molar-refractivity contribution < 1.29 is 9.90 Å². The molecule has 0 spiro atoms. The van der Waals surface area contributed by atoms with Crippen LogP contribution in [0.5, 0.6) is 0 Å². The fourth-order valence-electron chi connectivity index (χ4n) is 1.86. The van der Waals surface area contributed by atoms with Gasteiger partial charge in [-0.05, 0) is 38.3 Å². The van der Waals surface area contributed by atoms with Gasteiger partial charge in [0.05, 0.1) is 0 Å². The fraction of sp³-hybridized carbons (Fsp3) is 0.727. The first-order valence-electron chi connectivity index (χ1n) is 5.30. The third-order valence-electron chi connectivity index (χ3n) is 2.89. The average molecular weight is 197 g/mol. The number of carboxylic acids is 1. The summed E-state index contributed by atoms with van der Waals surface area (Å²) in [5.74, 6) is -0.814. The zero-order valence-corrected chi connectivity index (χ0v) is 8.99. The Kier molecular flexibility index (Phi) is 4.14. The lowest BCUT2D eigenvalue weighted by atomic mass is 10.0. The predicted octanol–water partition coefficient (Wildman–Crippen LogP) is 1.89. The van der Waals surface area contributed by atoms with E-state index in [1.807, 2.05) is 0 Å². The van der Waals surface area contributed by atoms with Gasteiger partial charge in [-0.25, -0.2) is 4.79 Å². The molecule has 1 fully saturated rings. The van der Waals surface area contributed by atoms with Crippen LogP contribution in [0.15, 0.2) is 11.6 Å². The largest absolute Gasteiger partial charge is 0.478 e. The van der Waals surface area contributed by atoms with Crippen LogP contribution in [0.1, 0.15) is 33.1 Å². The molecule has 0 aliphatic carbocycles. The van der Waals surface area contributed by atoms with Gasteiger partial charge in [-0.15, -0.1) is 0 Å². The van der Waals surface area contributed by atoms with Crippen LogP contribution in [-0.2, 0) is 4.79 Å². The van der Waals surface area contributed by atoms with Crippen LogP contribution in [0.25, 0.3) is 0 Å². The molecule has 0 aromatic carbocycles. The zero-order chi connectivity index (χ0) is 10.6. The van der Waals surface area contributed by atoms with E-state index in [-0.39, 0.29) is 0 Å². The lowest BCUT2D eigenvalue weighted by molar-refractivity contribution is -0.131. The van der Waals surface area contributed by atoms with Crippen LogP contribution in [0.3, 0.4) is 0 Å². The van der Waals surface area contributed by atoms with Gasteiger partial charge in [0.15, 0.2) is 0 Å². The number of aliphatic carboxylic acids is 1. The molecule has 0 saturated carbocycles. The fourth-order valence-corrected chi connectivity index (χ4v) is 1.86. The first-order chi connectivity index (χ1) is 6.63. The minimum atomic E-state index is -0.814. The normalized spacial score (nSPS) is 23.7. The third kappa shape index (κ3) is 3.14. The summed E-state index contributed by atoms with van der Waals surface area (Å²) >= 11 is 0. The van der Waals surface area contributed by atoms with Crippen LogP contribution in [-0.4, -0.2) is 35.1 Å². The summed E-state index contributed by atoms with van der Waals surface area (Å²) in [4.78, 5) is 12.9. The van der Waals surface area contributed by atoms with Crippen molar-refractivity contribution >= 4 is 5.97 Å². The maximum atomic E-state index is 10.5. The number of rotatable bonds is 3. The molecule has 0 aromatic rings. The molecule has 1 N–H and O–H groups in total. The number of carboxylic acid groups (broad SMARTS) is 1. The molecule has 14 heavy (non-hydrogen) atoms. The molecule has 0 aromatic heterocycles. The summed E-state index contributed by atoms with van der Waals surface area (Å²) in [6.07, 6.45) is 4.53. The quantitative estimate of drug-likeness (QED) is 0.702. The molecule has 1 atom stereocenters. The summed E-state index contributed by atoms with van der Waals surface area (Å²) in [5, 5.41) is 8.65. The minimum Gasteiger partial charge on any atom is -0.478 e. The Hall–Kier alpha value is -0.830. The summed E-state index contributed by atoms with van der Waals surface area (Å²) in [6, 6.07) is 0.562. The third-order valence-corrected chi connectivity index (χ3v) is 2.89. The SMILES string of the molecule is CCC(C)N1CCC/C(=C/C(=O)O)C1. The van der Waals surface area contributed by atoms with Crippen molar-refractivity contribution in [1.82, 2.24) is 4.90 Å². The predicted molar refractivity (Wildman–Crippen MR) is 56.3 cm³/mol. The number of hydrogen-bond donors (Lipinski definition) is 1. The van der Waals surface area contributed by atoms with E-state index in [1.165, 1.54) is 6.08 Å². The Morgan fingerprint density at radius 3 is 3.00 bits per heavy atom. The maximum absolute atomic E-state index is 10.5.